The van der Waals surface area contributed by atoms with Gasteiger partial charge in [-0.1, -0.05) is 13.0 Å². The van der Waals surface area contributed by atoms with Crippen LogP contribution in [0.2, 0.25) is 0 Å². The van der Waals surface area contributed by atoms with Crippen molar-refractivity contribution in [3.63, 3.8) is 0 Å². The van der Waals surface area contributed by atoms with Crippen molar-refractivity contribution in [2.75, 3.05) is 19.9 Å². The van der Waals surface area contributed by atoms with Crippen molar-refractivity contribution in [2.45, 2.75) is 19.9 Å². The molecule has 0 aromatic heterocycles. The van der Waals surface area contributed by atoms with E-state index in [9.17, 15) is 14.4 Å². The second-order valence-corrected chi connectivity index (χ2v) is 6.32. The number of fused-ring (bicyclic) bond motifs is 2. The molecule has 3 aliphatic heterocycles. The van der Waals surface area contributed by atoms with Gasteiger partial charge in [-0.15, -0.1) is 0 Å². The molecule has 2 atom stereocenters. The Hall–Kier alpha value is -2.57. The highest BCUT2D eigenvalue weighted by Gasteiger charge is 2.52. The third kappa shape index (κ3) is 2.23. The van der Waals surface area contributed by atoms with Crippen LogP contribution in [-0.2, 0) is 20.9 Å². The molecule has 0 unspecified atom stereocenters. The van der Waals surface area contributed by atoms with Crippen LogP contribution in [-0.4, -0.2) is 47.4 Å². The van der Waals surface area contributed by atoms with Crippen molar-refractivity contribution >= 4 is 17.7 Å². The van der Waals surface area contributed by atoms with E-state index in [-0.39, 0.29) is 31.1 Å². The Balaban J connectivity index is 1.50. The minimum Gasteiger partial charge on any atom is -0.454 e. The summed E-state index contributed by atoms with van der Waals surface area (Å²) in [6.07, 6.45) is 0.392. The zero-order valence-corrected chi connectivity index (χ0v) is 13.4. The molecule has 2 saturated heterocycles. The maximum Gasteiger partial charge on any atom is 0.235 e. The van der Waals surface area contributed by atoms with E-state index in [1.807, 2.05) is 6.07 Å². The second-order valence-electron chi connectivity index (χ2n) is 6.32. The normalized spacial score (nSPS) is 24.7. The van der Waals surface area contributed by atoms with Gasteiger partial charge in [0.25, 0.3) is 0 Å². The topological polar surface area (TPSA) is 76.2 Å². The Morgan fingerprint density at radius 2 is 1.79 bits per heavy atom. The smallest absolute Gasteiger partial charge is 0.235 e. The predicted molar refractivity (Wildman–Crippen MR) is 82.0 cm³/mol. The summed E-state index contributed by atoms with van der Waals surface area (Å²) in [7, 11) is 0. The van der Waals surface area contributed by atoms with Gasteiger partial charge in [-0.25, -0.2) is 0 Å². The van der Waals surface area contributed by atoms with Crippen molar-refractivity contribution in [1.82, 2.24) is 9.80 Å². The van der Waals surface area contributed by atoms with E-state index in [0.717, 1.165) is 5.56 Å². The Labute approximate surface area is 139 Å². The number of carbonyl (C=O) groups excluding carboxylic acids is 3. The molecule has 7 heteroatoms. The van der Waals surface area contributed by atoms with Crippen molar-refractivity contribution in [2.24, 2.45) is 11.8 Å². The minimum absolute atomic E-state index is 0.00711. The number of nitrogens with zero attached hydrogens (tertiary/aromatic N) is 2. The van der Waals surface area contributed by atoms with Crippen molar-refractivity contribution in [1.29, 1.82) is 0 Å². The van der Waals surface area contributed by atoms with Gasteiger partial charge in [0.05, 0.1) is 18.4 Å². The number of amides is 3. The van der Waals surface area contributed by atoms with Crippen molar-refractivity contribution in [3.05, 3.63) is 23.8 Å². The molecule has 0 aliphatic carbocycles. The summed E-state index contributed by atoms with van der Waals surface area (Å²) in [6.45, 7) is 2.89. The van der Waals surface area contributed by atoms with E-state index >= 15 is 0 Å². The standard InChI is InChI=1S/C17H18N2O5/c1-2-15(20)18-7-11-12(8-18)17(22)19(16(11)21)6-10-3-4-13-14(5-10)24-9-23-13/h3-5,11-12H,2,6-9H2,1H3/t11-,12+. The fraction of sp³-hybridized carbons (Fsp3) is 0.471. The third-order valence-corrected chi connectivity index (χ3v) is 4.92. The zero-order chi connectivity index (χ0) is 16.8. The number of imide groups is 1. The average Bonchev–Trinajstić information content (AvgIpc) is 3.27. The molecule has 1 aromatic carbocycles. The summed E-state index contributed by atoms with van der Waals surface area (Å²) in [5.74, 6) is 0.120. The molecule has 0 bridgehead atoms. The van der Waals surface area contributed by atoms with Gasteiger partial charge in [-0.3, -0.25) is 19.3 Å². The largest absolute Gasteiger partial charge is 0.454 e. The Morgan fingerprint density at radius 3 is 2.46 bits per heavy atom. The van der Waals surface area contributed by atoms with E-state index in [0.29, 0.717) is 31.0 Å². The molecule has 0 spiro atoms. The van der Waals surface area contributed by atoms with Crippen LogP contribution in [0.15, 0.2) is 18.2 Å². The quantitative estimate of drug-likeness (QED) is 0.765. The summed E-state index contributed by atoms with van der Waals surface area (Å²) in [4.78, 5) is 39.9. The molecule has 24 heavy (non-hydrogen) atoms. The molecule has 7 nitrogen and oxygen atoms in total. The monoisotopic (exact) mass is 330 g/mol. The summed E-state index contributed by atoms with van der Waals surface area (Å²) >= 11 is 0. The van der Waals surface area contributed by atoms with Crippen molar-refractivity contribution < 1.29 is 23.9 Å². The molecule has 3 aliphatic rings. The van der Waals surface area contributed by atoms with Crippen LogP contribution in [0.25, 0.3) is 0 Å². The van der Waals surface area contributed by atoms with Crippen LogP contribution >= 0.6 is 0 Å². The van der Waals surface area contributed by atoms with E-state index in [1.54, 1.807) is 24.0 Å². The molecule has 4 rings (SSSR count). The van der Waals surface area contributed by atoms with Gasteiger partial charge in [0.15, 0.2) is 11.5 Å². The first-order valence-corrected chi connectivity index (χ1v) is 8.10. The Bertz CT molecular complexity index is 708. The highest BCUT2D eigenvalue weighted by molar-refractivity contribution is 6.06. The Morgan fingerprint density at radius 1 is 1.12 bits per heavy atom. The zero-order valence-electron chi connectivity index (χ0n) is 13.4. The fourth-order valence-corrected chi connectivity index (χ4v) is 3.62. The summed E-state index contributed by atoms with van der Waals surface area (Å²) < 4.78 is 10.6. The number of rotatable bonds is 3. The van der Waals surface area contributed by atoms with Gasteiger partial charge in [0.2, 0.25) is 24.5 Å². The summed E-state index contributed by atoms with van der Waals surface area (Å²) in [6, 6.07) is 5.41. The lowest BCUT2D eigenvalue weighted by Crippen LogP contribution is -2.37. The van der Waals surface area contributed by atoms with Crippen LogP contribution in [0.1, 0.15) is 18.9 Å². The van der Waals surface area contributed by atoms with Gasteiger partial charge in [0, 0.05) is 19.5 Å². The lowest BCUT2D eigenvalue weighted by Gasteiger charge is -2.20. The van der Waals surface area contributed by atoms with E-state index in [1.165, 1.54) is 4.90 Å². The molecule has 3 heterocycles. The molecule has 3 amide bonds. The third-order valence-electron chi connectivity index (χ3n) is 4.92. The number of ether oxygens (including phenoxy) is 2. The number of benzene rings is 1. The molecule has 1 aromatic rings. The van der Waals surface area contributed by atoms with Gasteiger partial charge in [-0.2, -0.15) is 0 Å². The Kier molecular flexibility index (Phi) is 3.44. The van der Waals surface area contributed by atoms with Crippen LogP contribution < -0.4 is 9.47 Å². The molecule has 126 valence electrons. The fourth-order valence-electron chi connectivity index (χ4n) is 3.62. The van der Waals surface area contributed by atoms with Gasteiger partial charge in [0.1, 0.15) is 0 Å². The molecule has 0 radical (unpaired) electrons. The van der Waals surface area contributed by atoms with Crippen LogP contribution in [0, 0.1) is 11.8 Å². The molecule has 0 saturated carbocycles. The maximum atomic E-state index is 12.6. The maximum absolute atomic E-state index is 12.6. The molecular weight excluding hydrogens is 312 g/mol. The highest BCUT2D eigenvalue weighted by Crippen LogP contribution is 2.36. The molecular formula is C17H18N2O5. The van der Waals surface area contributed by atoms with Crippen molar-refractivity contribution in [3.8, 4) is 11.5 Å². The molecule has 0 N–H and O–H groups in total. The number of hydrogen-bond donors (Lipinski definition) is 0. The summed E-state index contributed by atoms with van der Waals surface area (Å²) in [5, 5.41) is 0. The summed E-state index contributed by atoms with van der Waals surface area (Å²) in [5.41, 5.74) is 0.822. The van der Waals surface area contributed by atoms with Crippen LogP contribution in [0.5, 0.6) is 11.5 Å². The van der Waals surface area contributed by atoms with Crippen LogP contribution in [0.3, 0.4) is 0 Å². The lowest BCUT2D eigenvalue weighted by atomic mass is 10.00. The minimum atomic E-state index is -0.401. The number of carbonyl (C=O) groups is 3. The first-order valence-electron chi connectivity index (χ1n) is 8.10. The van der Waals surface area contributed by atoms with Gasteiger partial charge >= 0.3 is 0 Å². The van der Waals surface area contributed by atoms with E-state index in [4.69, 9.17) is 9.47 Å². The van der Waals surface area contributed by atoms with Gasteiger partial charge < -0.3 is 14.4 Å². The SMILES string of the molecule is CCC(=O)N1C[C@@H]2C(=O)N(Cc3ccc4c(c3)OCO4)C(=O)[C@@H]2C1. The first kappa shape index (κ1) is 15.0. The number of likely N-dealkylation sites (tertiary alicyclic amines) is 2. The highest BCUT2D eigenvalue weighted by atomic mass is 16.7. The van der Waals surface area contributed by atoms with Crippen LogP contribution in [0.4, 0.5) is 0 Å². The average molecular weight is 330 g/mol. The van der Waals surface area contributed by atoms with E-state index < -0.39 is 11.8 Å². The molecule has 2 fully saturated rings. The lowest BCUT2D eigenvalue weighted by molar-refractivity contribution is -0.141. The van der Waals surface area contributed by atoms with E-state index in [2.05, 4.69) is 0 Å². The second kappa shape index (κ2) is 5.51. The predicted octanol–water partition coefficient (Wildman–Crippen LogP) is 0.769. The first-order chi connectivity index (χ1) is 11.6. The van der Waals surface area contributed by atoms with Gasteiger partial charge in [-0.05, 0) is 17.7 Å². The number of hydrogen-bond acceptors (Lipinski definition) is 5.